The number of ether oxygens (including phenoxy) is 1. The van der Waals surface area contributed by atoms with Crippen LogP contribution in [0, 0.1) is 5.92 Å². The summed E-state index contributed by atoms with van der Waals surface area (Å²) in [5.41, 5.74) is 4.13. The second-order valence-electron chi connectivity index (χ2n) is 10.3. The minimum Gasteiger partial charge on any atom is -0.361 e. The fraction of sp³-hybridized carbons (Fsp3) is 0.609. The molecule has 1 aliphatic heterocycles. The first kappa shape index (κ1) is 23.5. The molecule has 1 fully saturated rings. The van der Waals surface area contributed by atoms with Crippen LogP contribution in [0.3, 0.4) is 0 Å². The predicted octanol–water partition coefficient (Wildman–Crippen LogP) is 4.38. The van der Waals surface area contributed by atoms with Crippen molar-refractivity contribution in [3.63, 3.8) is 0 Å². The van der Waals surface area contributed by atoms with Crippen LogP contribution in [0.5, 0.6) is 0 Å². The highest BCUT2D eigenvalue weighted by molar-refractivity contribution is 7.89. The Bertz CT molecular complexity index is 1200. The molecular weight excluding hydrogens is 440 g/mol. The van der Waals surface area contributed by atoms with Crippen molar-refractivity contribution in [2.45, 2.75) is 58.6 Å². The molecule has 0 aliphatic carbocycles. The summed E-state index contributed by atoms with van der Waals surface area (Å²) < 4.78 is 37.0. The fourth-order valence-corrected chi connectivity index (χ4v) is 6.43. The number of fused-ring (bicyclic) bond motifs is 3. The third kappa shape index (κ3) is 4.66. The van der Waals surface area contributed by atoms with Gasteiger partial charge in [-0.25, -0.2) is 17.7 Å². The van der Waals surface area contributed by atoms with E-state index in [1.807, 2.05) is 12.4 Å². The van der Waals surface area contributed by atoms with E-state index in [-0.39, 0.29) is 11.7 Å². The molecule has 4 heterocycles. The molecule has 0 radical (unpaired) electrons. The van der Waals surface area contributed by atoms with Crippen molar-refractivity contribution in [2.75, 3.05) is 25.4 Å². The Morgan fingerprint density at radius 1 is 1.22 bits per heavy atom. The van der Waals surface area contributed by atoms with Crippen molar-refractivity contribution in [3.05, 3.63) is 36.3 Å². The maximum Gasteiger partial charge on any atom is 0.213 e. The summed E-state index contributed by atoms with van der Waals surface area (Å²) in [6, 6.07) is 7.46. The van der Waals surface area contributed by atoms with Crippen LogP contribution in [0.1, 0.15) is 31.9 Å². The molecule has 3 aromatic heterocycles. The second kappa shape index (κ2) is 8.93. The first-order chi connectivity index (χ1) is 15.1. The third-order valence-corrected chi connectivity index (χ3v) is 10.3. The number of hydrogen-bond donors (Lipinski definition) is 0. The molecule has 9 heteroatoms. The number of nitrogens with zero attached hydrogens (tertiary/aromatic N) is 4. The average molecular weight is 477 g/mol. The fourth-order valence-electron chi connectivity index (χ4n) is 4.54. The maximum absolute atomic E-state index is 12.5. The Morgan fingerprint density at radius 3 is 2.72 bits per heavy atom. The Morgan fingerprint density at radius 2 is 2.00 bits per heavy atom. The highest BCUT2D eigenvalue weighted by Gasteiger charge is 2.34. The van der Waals surface area contributed by atoms with Crippen LogP contribution in [-0.2, 0) is 21.5 Å². The van der Waals surface area contributed by atoms with E-state index in [0.29, 0.717) is 25.7 Å². The van der Waals surface area contributed by atoms with Crippen molar-refractivity contribution in [3.8, 4) is 0 Å². The molecule has 0 N–H and O–H groups in total. The van der Waals surface area contributed by atoms with Gasteiger partial charge in [0.25, 0.3) is 0 Å². The lowest BCUT2D eigenvalue weighted by Gasteiger charge is -2.36. The molecule has 1 aliphatic rings. The van der Waals surface area contributed by atoms with Crippen molar-refractivity contribution in [1.29, 1.82) is 0 Å². The second-order valence-corrected chi connectivity index (χ2v) is 18.1. The monoisotopic (exact) mass is 476 g/mol. The van der Waals surface area contributed by atoms with Crippen LogP contribution in [0.2, 0.25) is 25.7 Å². The molecule has 7 nitrogen and oxygen atoms in total. The van der Waals surface area contributed by atoms with Gasteiger partial charge in [0.15, 0.2) is 5.65 Å². The molecule has 0 aromatic carbocycles. The minimum atomic E-state index is -3.19. The Labute approximate surface area is 192 Å². The molecule has 4 rings (SSSR count). The minimum absolute atomic E-state index is 0.148. The zero-order valence-corrected chi connectivity index (χ0v) is 21.7. The van der Waals surface area contributed by atoms with E-state index in [1.54, 1.807) is 11.2 Å². The average Bonchev–Trinajstić information content (AvgIpc) is 3.34. The molecule has 0 saturated carbocycles. The number of piperidine rings is 1. The van der Waals surface area contributed by atoms with Crippen molar-refractivity contribution in [2.24, 2.45) is 5.92 Å². The number of aromatic nitrogens is 3. The lowest BCUT2D eigenvalue weighted by molar-refractivity contribution is 0.0899. The van der Waals surface area contributed by atoms with Gasteiger partial charge in [-0.15, -0.1) is 0 Å². The normalized spacial score (nSPS) is 21.0. The molecule has 0 spiro atoms. The van der Waals surface area contributed by atoms with Gasteiger partial charge in [0.05, 0.1) is 23.0 Å². The van der Waals surface area contributed by atoms with Crippen molar-refractivity contribution < 1.29 is 13.2 Å². The van der Waals surface area contributed by atoms with Crippen LogP contribution >= 0.6 is 0 Å². The quantitative estimate of drug-likeness (QED) is 0.357. The van der Waals surface area contributed by atoms with Gasteiger partial charge in [0.2, 0.25) is 10.0 Å². The van der Waals surface area contributed by atoms with E-state index >= 15 is 0 Å². The molecule has 0 unspecified atom stereocenters. The summed E-state index contributed by atoms with van der Waals surface area (Å²) in [6.45, 7) is 13.4. The summed E-state index contributed by atoms with van der Waals surface area (Å²) in [6.07, 6.45) is 4.81. The molecule has 176 valence electrons. The van der Waals surface area contributed by atoms with Gasteiger partial charge < -0.3 is 13.7 Å². The van der Waals surface area contributed by atoms with Gasteiger partial charge in [-0.05, 0) is 43.5 Å². The highest BCUT2D eigenvalue weighted by Crippen LogP contribution is 2.35. The Hall–Kier alpha value is -1.68. The maximum atomic E-state index is 12.5. The molecule has 1 saturated heterocycles. The van der Waals surface area contributed by atoms with E-state index in [1.165, 1.54) is 0 Å². The summed E-state index contributed by atoms with van der Waals surface area (Å²) in [5.74, 6) is 0.707. The highest BCUT2D eigenvalue weighted by atomic mass is 32.2. The SMILES string of the molecule is CCS(=O)(=O)N1CC[C@H](C)[C@@H](c2ccc3cnc4c(ccn4COCC[Si](C)(C)C)n23)C1. The topological polar surface area (TPSA) is 68.8 Å². The van der Waals surface area contributed by atoms with Gasteiger partial charge >= 0.3 is 0 Å². The van der Waals surface area contributed by atoms with E-state index in [2.05, 4.69) is 53.7 Å². The van der Waals surface area contributed by atoms with Gasteiger partial charge in [-0.3, -0.25) is 0 Å². The summed E-state index contributed by atoms with van der Waals surface area (Å²) >= 11 is 0. The smallest absolute Gasteiger partial charge is 0.213 e. The van der Waals surface area contributed by atoms with Crippen LogP contribution in [0.15, 0.2) is 30.6 Å². The van der Waals surface area contributed by atoms with Crippen molar-refractivity contribution in [1.82, 2.24) is 18.3 Å². The van der Waals surface area contributed by atoms with Crippen molar-refractivity contribution >= 4 is 34.8 Å². The summed E-state index contributed by atoms with van der Waals surface area (Å²) in [5, 5.41) is 0. The van der Waals surface area contributed by atoms with Crippen LogP contribution in [-0.4, -0.2) is 60.2 Å². The van der Waals surface area contributed by atoms with Gasteiger partial charge in [-0.1, -0.05) is 26.6 Å². The molecule has 32 heavy (non-hydrogen) atoms. The van der Waals surface area contributed by atoms with E-state index in [0.717, 1.165) is 41.4 Å². The first-order valence-corrected chi connectivity index (χ1v) is 16.9. The Balaban J connectivity index is 1.64. The number of sulfonamides is 1. The van der Waals surface area contributed by atoms with Gasteiger partial charge in [-0.2, -0.15) is 0 Å². The zero-order valence-electron chi connectivity index (χ0n) is 19.9. The number of hydrogen-bond acceptors (Lipinski definition) is 4. The van der Waals surface area contributed by atoms with E-state index in [9.17, 15) is 8.42 Å². The Kier molecular flexibility index (Phi) is 6.55. The standard InChI is InChI=1S/C23H36N4O3SSi/c1-6-31(28,29)26-12-9-18(2)20(16-26)21-8-7-19-15-24-23-22(27(19)21)10-11-25(23)17-30-13-14-32(3,4)5/h7-8,10-11,15,18,20H,6,9,12-14,16-17H2,1-5H3/t18-,20-/m0/s1. The zero-order chi connectivity index (χ0) is 23.1. The van der Waals surface area contributed by atoms with Crippen LogP contribution < -0.4 is 0 Å². The van der Waals surface area contributed by atoms with Crippen LogP contribution in [0.4, 0.5) is 0 Å². The van der Waals surface area contributed by atoms with Gasteiger partial charge in [0.1, 0.15) is 6.73 Å². The van der Waals surface area contributed by atoms with E-state index < -0.39 is 18.1 Å². The van der Waals surface area contributed by atoms with Crippen LogP contribution in [0.25, 0.3) is 16.7 Å². The largest absolute Gasteiger partial charge is 0.361 e. The first-order valence-electron chi connectivity index (χ1n) is 11.6. The third-order valence-electron chi connectivity index (χ3n) is 6.70. The molecule has 0 amide bonds. The lowest BCUT2D eigenvalue weighted by atomic mass is 9.85. The molecular formula is C23H36N4O3SSi. The molecule has 0 bridgehead atoms. The number of rotatable bonds is 8. The van der Waals surface area contributed by atoms with E-state index in [4.69, 9.17) is 9.72 Å². The lowest BCUT2D eigenvalue weighted by Crippen LogP contribution is -2.43. The summed E-state index contributed by atoms with van der Waals surface area (Å²) in [7, 11) is -4.31. The van der Waals surface area contributed by atoms with Gasteiger partial charge in [0, 0.05) is 45.6 Å². The summed E-state index contributed by atoms with van der Waals surface area (Å²) in [4.78, 5) is 4.71. The molecule has 3 aromatic rings. The predicted molar refractivity (Wildman–Crippen MR) is 132 cm³/mol. The molecule has 2 atom stereocenters.